The second-order valence-electron chi connectivity index (χ2n) is 7.16. The largest absolute Gasteiger partial charge is 0.490 e. The Labute approximate surface area is 143 Å². The van der Waals surface area contributed by atoms with Crippen LogP contribution in [0.4, 0.5) is 0 Å². The van der Waals surface area contributed by atoms with Gasteiger partial charge in [-0.05, 0) is 42.4 Å². The summed E-state index contributed by atoms with van der Waals surface area (Å²) in [6.07, 6.45) is 15.9. The van der Waals surface area contributed by atoms with Crippen LogP contribution >= 0.6 is 0 Å². The Bertz CT molecular complexity index is 426. The molecule has 0 bridgehead atoms. The summed E-state index contributed by atoms with van der Waals surface area (Å²) in [6.45, 7) is 6.56. The molecule has 1 saturated carbocycles. The van der Waals surface area contributed by atoms with Crippen molar-refractivity contribution in [1.82, 2.24) is 0 Å². The molecule has 0 saturated heterocycles. The molecule has 23 heavy (non-hydrogen) atoms. The highest BCUT2D eigenvalue weighted by atomic mass is 16.5. The van der Waals surface area contributed by atoms with Gasteiger partial charge in [0, 0.05) is 0 Å². The molecule has 1 aromatic carbocycles. The monoisotopic (exact) mass is 314 g/mol. The van der Waals surface area contributed by atoms with E-state index in [0.717, 1.165) is 17.6 Å². The molecule has 2 rings (SSSR count). The Morgan fingerprint density at radius 1 is 1.00 bits per heavy atom. The van der Waals surface area contributed by atoms with Crippen LogP contribution in [-0.4, -0.2) is 6.61 Å². The quantitative estimate of drug-likeness (QED) is 0.350. The standard InChI is InChI=1S/C22H34O/c1-3-5-6-7-19-8-10-20(11-9-19)12-13-21-14-16-22(17-15-21)23-18-4-2/h4,14-17,19-20H,2-3,5-13,18H2,1H3. The van der Waals surface area contributed by atoms with E-state index in [4.69, 9.17) is 4.74 Å². The first-order chi connectivity index (χ1) is 11.3. The molecule has 0 radical (unpaired) electrons. The highest BCUT2D eigenvalue weighted by molar-refractivity contribution is 5.27. The Morgan fingerprint density at radius 2 is 1.65 bits per heavy atom. The average Bonchev–Trinajstić information content (AvgIpc) is 2.60. The Kier molecular flexibility index (Phi) is 8.28. The van der Waals surface area contributed by atoms with E-state index >= 15 is 0 Å². The number of aryl methyl sites for hydroxylation is 1. The van der Waals surface area contributed by atoms with Crippen LogP contribution < -0.4 is 4.74 Å². The minimum absolute atomic E-state index is 0.584. The predicted octanol–water partition coefficient (Wildman–Crippen LogP) is 6.57. The van der Waals surface area contributed by atoms with Gasteiger partial charge in [-0.1, -0.05) is 83.1 Å². The maximum Gasteiger partial charge on any atom is 0.119 e. The van der Waals surface area contributed by atoms with E-state index in [-0.39, 0.29) is 0 Å². The molecule has 0 unspecified atom stereocenters. The van der Waals surface area contributed by atoms with E-state index < -0.39 is 0 Å². The van der Waals surface area contributed by atoms with Crippen molar-refractivity contribution in [1.29, 1.82) is 0 Å². The molecule has 0 aliphatic heterocycles. The van der Waals surface area contributed by atoms with E-state index in [1.807, 2.05) is 0 Å². The molecule has 0 heterocycles. The van der Waals surface area contributed by atoms with Gasteiger partial charge in [-0.2, -0.15) is 0 Å². The fourth-order valence-corrected chi connectivity index (χ4v) is 3.77. The molecule has 0 N–H and O–H groups in total. The van der Waals surface area contributed by atoms with Gasteiger partial charge in [0.05, 0.1) is 0 Å². The highest BCUT2D eigenvalue weighted by Gasteiger charge is 2.20. The molecule has 1 aliphatic carbocycles. The Balaban J connectivity index is 1.64. The molecule has 0 atom stereocenters. The molecular weight excluding hydrogens is 280 g/mol. The topological polar surface area (TPSA) is 9.23 Å². The van der Waals surface area contributed by atoms with Crippen molar-refractivity contribution in [3.63, 3.8) is 0 Å². The van der Waals surface area contributed by atoms with Gasteiger partial charge < -0.3 is 4.74 Å². The Hall–Kier alpha value is -1.24. The number of ether oxygens (including phenoxy) is 1. The Morgan fingerprint density at radius 3 is 2.26 bits per heavy atom. The van der Waals surface area contributed by atoms with Gasteiger partial charge in [0.25, 0.3) is 0 Å². The fourth-order valence-electron chi connectivity index (χ4n) is 3.77. The van der Waals surface area contributed by atoms with Gasteiger partial charge in [-0.15, -0.1) is 0 Å². The lowest BCUT2D eigenvalue weighted by Gasteiger charge is -2.28. The lowest BCUT2D eigenvalue weighted by molar-refractivity contribution is 0.249. The maximum absolute atomic E-state index is 5.54. The smallest absolute Gasteiger partial charge is 0.119 e. The molecular formula is C22H34O. The summed E-state index contributed by atoms with van der Waals surface area (Å²) in [7, 11) is 0. The first-order valence-electron chi connectivity index (χ1n) is 9.64. The van der Waals surface area contributed by atoms with Crippen LogP contribution in [0, 0.1) is 11.8 Å². The number of rotatable bonds is 10. The zero-order valence-electron chi connectivity index (χ0n) is 14.9. The van der Waals surface area contributed by atoms with Crippen LogP contribution in [0.3, 0.4) is 0 Å². The molecule has 128 valence electrons. The van der Waals surface area contributed by atoms with Crippen molar-refractivity contribution in [3.05, 3.63) is 42.5 Å². The van der Waals surface area contributed by atoms with Crippen LogP contribution in [0.15, 0.2) is 36.9 Å². The number of benzene rings is 1. The van der Waals surface area contributed by atoms with E-state index in [9.17, 15) is 0 Å². The van der Waals surface area contributed by atoms with Crippen LogP contribution in [0.25, 0.3) is 0 Å². The van der Waals surface area contributed by atoms with Gasteiger partial charge in [-0.3, -0.25) is 0 Å². The van der Waals surface area contributed by atoms with Gasteiger partial charge in [0.1, 0.15) is 12.4 Å². The zero-order valence-corrected chi connectivity index (χ0v) is 14.9. The lowest BCUT2D eigenvalue weighted by atomic mass is 9.78. The number of unbranched alkanes of at least 4 members (excludes halogenated alkanes) is 2. The van der Waals surface area contributed by atoms with Gasteiger partial charge >= 0.3 is 0 Å². The zero-order chi connectivity index (χ0) is 16.3. The van der Waals surface area contributed by atoms with Gasteiger partial charge in [-0.25, -0.2) is 0 Å². The van der Waals surface area contributed by atoms with Crippen molar-refractivity contribution in [2.24, 2.45) is 11.8 Å². The molecule has 0 aromatic heterocycles. The number of hydrogen-bond donors (Lipinski definition) is 0. The van der Waals surface area contributed by atoms with Gasteiger partial charge in [0.15, 0.2) is 0 Å². The minimum atomic E-state index is 0.584. The normalized spacial score (nSPS) is 21.1. The van der Waals surface area contributed by atoms with Crippen LogP contribution in [-0.2, 0) is 6.42 Å². The molecule has 1 nitrogen and oxygen atoms in total. The third kappa shape index (κ3) is 6.81. The van der Waals surface area contributed by atoms with E-state index in [1.165, 1.54) is 69.8 Å². The van der Waals surface area contributed by atoms with Crippen molar-refractivity contribution in [3.8, 4) is 5.75 Å². The van der Waals surface area contributed by atoms with E-state index in [0.29, 0.717) is 6.61 Å². The van der Waals surface area contributed by atoms with E-state index in [1.54, 1.807) is 6.08 Å². The SMILES string of the molecule is C=CCOc1ccc(CCC2CCC(CCCCC)CC2)cc1. The summed E-state index contributed by atoms with van der Waals surface area (Å²) in [4.78, 5) is 0. The van der Waals surface area contributed by atoms with Crippen molar-refractivity contribution in [2.75, 3.05) is 6.61 Å². The summed E-state index contributed by atoms with van der Waals surface area (Å²) in [5.74, 6) is 2.93. The fraction of sp³-hybridized carbons (Fsp3) is 0.636. The first kappa shape index (κ1) is 18.1. The summed E-state index contributed by atoms with van der Waals surface area (Å²) in [5, 5.41) is 0. The highest BCUT2D eigenvalue weighted by Crippen LogP contribution is 2.34. The summed E-state index contributed by atoms with van der Waals surface area (Å²) >= 11 is 0. The third-order valence-electron chi connectivity index (χ3n) is 5.31. The summed E-state index contributed by atoms with van der Waals surface area (Å²) in [5.41, 5.74) is 1.45. The minimum Gasteiger partial charge on any atom is -0.490 e. The summed E-state index contributed by atoms with van der Waals surface area (Å²) in [6, 6.07) is 8.61. The third-order valence-corrected chi connectivity index (χ3v) is 5.31. The second kappa shape index (κ2) is 10.5. The first-order valence-corrected chi connectivity index (χ1v) is 9.64. The second-order valence-corrected chi connectivity index (χ2v) is 7.16. The average molecular weight is 315 g/mol. The van der Waals surface area contributed by atoms with Crippen molar-refractivity contribution in [2.45, 2.75) is 71.1 Å². The van der Waals surface area contributed by atoms with Crippen LogP contribution in [0.5, 0.6) is 5.75 Å². The van der Waals surface area contributed by atoms with Crippen molar-refractivity contribution >= 4 is 0 Å². The van der Waals surface area contributed by atoms with Crippen molar-refractivity contribution < 1.29 is 4.74 Å². The summed E-state index contributed by atoms with van der Waals surface area (Å²) < 4.78 is 5.54. The molecule has 0 spiro atoms. The molecule has 1 aliphatic rings. The van der Waals surface area contributed by atoms with Crippen LogP contribution in [0.2, 0.25) is 0 Å². The molecule has 1 fully saturated rings. The molecule has 1 aromatic rings. The molecule has 1 heteroatoms. The lowest BCUT2D eigenvalue weighted by Crippen LogP contribution is -2.15. The maximum atomic E-state index is 5.54. The molecule has 0 amide bonds. The van der Waals surface area contributed by atoms with Gasteiger partial charge in [0.2, 0.25) is 0 Å². The predicted molar refractivity (Wildman–Crippen MR) is 100 cm³/mol. The van der Waals surface area contributed by atoms with E-state index in [2.05, 4.69) is 37.8 Å². The number of hydrogen-bond acceptors (Lipinski definition) is 1. The van der Waals surface area contributed by atoms with Crippen LogP contribution in [0.1, 0.15) is 70.3 Å².